The number of anilines is 1. The lowest BCUT2D eigenvalue weighted by atomic mass is 9.87. The summed E-state index contributed by atoms with van der Waals surface area (Å²) in [7, 11) is 0. The van der Waals surface area contributed by atoms with Gasteiger partial charge in [-0.15, -0.1) is 0 Å². The molecule has 2 aromatic carbocycles. The SMILES string of the molecule is CC(C)(C)c1ccc(NC(=O)COC(=O)Cc2ccc(Br)cc2)cc1. The van der Waals surface area contributed by atoms with Gasteiger partial charge in [0.05, 0.1) is 6.42 Å². The van der Waals surface area contributed by atoms with Gasteiger partial charge in [-0.3, -0.25) is 9.59 Å². The average molecular weight is 404 g/mol. The molecule has 0 saturated carbocycles. The number of esters is 1. The van der Waals surface area contributed by atoms with Crippen LogP contribution in [0.2, 0.25) is 0 Å². The van der Waals surface area contributed by atoms with Crippen molar-refractivity contribution in [2.75, 3.05) is 11.9 Å². The van der Waals surface area contributed by atoms with Crippen molar-refractivity contribution in [1.29, 1.82) is 0 Å². The van der Waals surface area contributed by atoms with E-state index in [9.17, 15) is 9.59 Å². The molecule has 0 aliphatic carbocycles. The quantitative estimate of drug-likeness (QED) is 0.749. The third-order valence-electron chi connectivity index (χ3n) is 3.66. The predicted molar refractivity (Wildman–Crippen MR) is 103 cm³/mol. The number of carbonyl (C=O) groups is 2. The van der Waals surface area contributed by atoms with E-state index in [0.717, 1.165) is 10.0 Å². The number of rotatable bonds is 5. The third-order valence-corrected chi connectivity index (χ3v) is 4.19. The molecule has 0 fully saturated rings. The smallest absolute Gasteiger partial charge is 0.310 e. The van der Waals surface area contributed by atoms with E-state index in [1.807, 2.05) is 48.5 Å². The molecule has 0 aromatic heterocycles. The number of halogens is 1. The maximum absolute atomic E-state index is 11.9. The van der Waals surface area contributed by atoms with Crippen molar-refractivity contribution in [2.24, 2.45) is 0 Å². The van der Waals surface area contributed by atoms with Crippen LogP contribution in [0.4, 0.5) is 5.69 Å². The number of hydrogen-bond acceptors (Lipinski definition) is 3. The minimum atomic E-state index is -0.430. The Bertz CT molecular complexity index is 731. The molecule has 1 amide bonds. The summed E-state index contributed by atoms with van der Waals surface area (Å²) in [5.41, 5.74) is 2.77. The van der Waals surface area contributed by atoms with E-state index in [1.165, 1.54) is 5.56 Å². The van der Waals surface area contributed by atoms with Crippen LogP contribution < -0.4 is 5.32 Å². The van der Waals surface area contributed by atoms with Crippen LogP contribution in [0.3, 0.4) is 0 Å². The number of carbonyl (C=O) groups excluding carboxylic acids is 2. The zero-order valence-electron chi connectivity index (χ0n) is 14.6. The van der Waals surface area contributed by atoms with Crippen molar-refractivity contribution in [3.63, 3.8) is 0 Å². The van der Waals surface area contributed by atoms with E-state index in [0.29, 0.717) is 5.69 Å². The minimum Gasteiger partial charge on any atom is -0.455 e. The largest absolute Gasteiger partial charge is 0.455 e. The summed E-state index contributed by atoms with van der Waals surface area (Å²) in [5, 5.41) is 2.72. The molecule has 0 unspecified atom stereocenters. The summed E-state index contributed by atoms with van der Waals surface area (Å²) >= 11 is 3.34. The van der Waals surface area contributed by atoms with Gasteiger partial charge in [0.1, 0.15) is 0 Å². The maximum atomic E-state index is 11.9. The Morgan fingerprint density at radius 1 is 1.00 bits per heavy atom. The molecule has 25 heavy (non-hydrogen) atoms. The van der Waals surface area contributed by atoms with Crippen LogP contribution in [0.5, 0.6) is 0 Å². The number of hydrogen-bond donors (Lipinski definition) is 1. The summed E-state index contributed by atoms with van der Waals surface area (Å²) in [5.74, 6) is -0.784. The van der Waals surface area contributed by atoms with Gasteiger partial charge in [0.2, 0.25) is 0 Å². The lowest BCUT2D eigenvalue weighted by Crippen LogP contribution is -2.21. The number of nitrogens with one attached hydrogen (secondary N) is 1. The van der Waals surface area contributed by atoms with Crippen molar-refractivity contribution in [3.05, 3.63) is 64.1 Å². The van der Waals surface area contributed by atoms with E-state index < -0.39 is 5.97 Å². The van der Waals surface area contributed by atoms with Crippen LogP contribution >= 0.6 is 15.9 Å². The first-order valence-electron chi connectivity index (χ1n) is 8.04. The van der Waals surface area contributed by atoms with E-state index in [1.54, 1.807) is 0 Å². The summed E-state index contributed by atoms with van der Waals surface area (Å²) < 4.78 is 5.97. The molecular weight excluding hydrogens is 382 g/mol. The topological polar surface area (TPSA) is 55.4 Å². The number of amides is 1. The zero-order valence-corrected chi connectivity index (χ0v) is 16.2. The van der Waals surface area contributed by atoms with Gasteiger partial charge in [0.25, 0.3) is 5.91 Å². The fraction of sp³-hybridized carbons (Fsp3) is 0.300. The molecule has 5 heteroatoms. The van der Waals surface area contributed by atoms with Crippen LogP contribution in [0.1, 0.15) is 31.9 Å². The van der Waals surface area contributed by atoms with Crippen molar-refractivity contribution in [2.45, 2.75) is 32.6 Å². The maximum Gasteiger partial charge on any atom is 0.310 e. The molecule has 2 aromatic rings. The first-order valence-corrected chi connectivity index (χ1v) is 8.84. The Hall–Kier alpha value is -2.14. The zero-order chi connectivity index (χ0) is 18.4. The molecule has 1 N–H and O–H groups in total. The van der Waals surface area contributed by atoms with E-state index in [-0.39, 0.29) is 24.3 Å². The van der Waals surface area contributed by atoms with Gasteiger partial charge < -0.3 is 10.1 Å². The molecule has 4 nitrogen and oxygen atoms in total. The standard InChI is InChI=1S/C20H22BrNO3/c1-20(2,3)15-6-10-17(11-7-15)22-18(23)13-25-19(24)12-14-4-8-16(21)9-5-14/h4-11H,12-13H2,1-3H3,(H,22,23). The van der Waals surface area contributed by atoms with Crippen LogP contribution in [0.25, 0.3) is 0 Å². The normalized spacial score (nSPS) is 11.0. The van der Waals surface area contributed by atoms with Crippen LogP contribution in [0, 0.1) is 0 Å². The molecule has 0 heterocycles. The average Bonchev–Trinajstić information content (AvgIpc) is 2.55. The Morgan fingerprint density at radius 3 is 2.16 bits per heavy atom. The number of benzene rings is 2. The van der Waals surface area contributed by atoms with Crippen molar-refractivity contribution in [3.8, 4) is 0 Å². The second-order valence-corrected chi connectivity index (χ2v) is 7.76. The molecule has 132 valence electrons. The van der Waals surface area contributed by atoms with Gasteiger partial charge in [0.15, 0.2) is 6.61 Å². The minimum absolute atomic E-state index is 0.0606. The summed E-state index contributed by atoms with van der Waals surface area (Å²) in [4.78, 5) is 23.7. The van der Waals surface area contributed by atoms with Crippen LogP contribution in [0.15, 0.2) is 53.0 Å². The molecule has 0 atom stereocenters. The molecule has 0 saturated heterocycles. The van der Waals surface area contributed by atoms with E-state index >= 15 is 0 Å². The molecule has 0 spiro atoms. The van der Waals surface area contributed by atoms with Crippen molar-refractivity contribution < 1.29 is 14.3 Å². The molecule has 2 rings (SSSR count). The third kappa shape index (κ3) is 6.35. The van der Waals surface area contributed by atoms with Gasteiger partial charge >= 0.3 is 5.97 Å². The van der Waals surface area contributed by atoms with Gasteiger partial charge in [-0.05, 0) is 40.8 Å². The van der Waals surface area contributed by atoms with Crippen LogP contribution in [-0.2, 0) is 26.2 Å². The highest BCUT2D eigenvalue weighted by molar-refractivity contribution is 9.10. The summed E-state index contributed by atoms with van der Waals surface area (Å²) in [6.45, 7) is 6.10. The highest BCUT2D eigenvalue weighted by Crippen LogP contribution is 2.23. The van der Waals surface area contributed by atoms with Gasteiger partial charge in [-0.1, -0.05) is 61.0 Å². The van der Waals surface area contributed by atoms with Crippen molar-refractivity contribution >= 4 is 33.5 Å². The Morgan fingerprint density at radius 2 is 1.60 bits per heavy atom. The van der Waals surface area contributed by atoms with Gasteiger partial charge in [-0.25, -0.2) is 0 Å². The second kappa shape index (κ2) is 8.30. The Kier molecular flexibility index (Phi) is 6.37. The summed E-state index contributed by atoms with van der Waals surface area (Å²) in [6.07, 6.45) is 0.140. The fourth-order valence-corrected chi connectivity index (χ4v) is 2.48. The molecule has 0 radical (unpaired) electrons. The Labute approximate surface area is 156 Å². The lowest BCUT2D eigenvalue weighted by molar-refractivity contribution is -0.146. The van der Waals surface area contributed by atoms with Crippen molar-refractivity contribution in [1.82, 2.24) is 0 Å². The molecule has 0 aliphatic heterocycles. The first kappa shape index (κ1) is 19.2. The number of ether oxygens (including phenoxy) is 1. The fourth-order valence-electron chi connectivity index (χ4n) is 2.22. The van der Waals surface area contributed by atoms with E-state index in [4.69, 9.17) is 4.74 Å². The highest BCUT2D eigenvalue weighted by Gasteiger charge is 2.13. The van der Waals surface area contributed by atoms with Gasteiger partial charge in [-0.2, -0.15) is 0 Å². The van der Waals surface area contributed by atoms with E-state index in [2.05, 4.69) is 42.0 Å². The Balaban J connectivity index is 1.80. The first-order chi connectivity index (χ1) is 11.7. The predicted octanol–water partition coefficient (Wildman–Crippen LogP) is 4.47. The lowest BCUT2D eigenvalue weighted by Gasteiger charge is -2.19. The van der Waals surface area contributed by atoms with Gasteiger partial charge in [0, 0.05) is 10.2 Å². The molecule has 0 bridgehead atoms. The monoisotopic (exact) mass is 403 g/mol. The molecule has 0 aliphatic rings. The second-order valence-electron chi connectivity index (χ2n) is 6.84. The molecular formula is C20H22BrNO3. The summed E-state index contributed by atoms with van der Waals surface area (Å²) in [6, 6.07) is 15.0. The highest BCUT2D eigenvalue weighted by atomic mass is 79.9. The van der Waals surface area contributed by atoms with Crippen LogP contribution in [-0.4, -0.2) is 18.5 Å².